The van der Waals surface area contributed by atoms with Crippen LogP contribution in [0.25, 0.3) is 0 Å². The molecule has 0 aliphatic heterocycles. The second kappa shape index (κ2) is 11.3. The van der Waals surface area contributed by atoms with Gasteiger partial charge in [0.25, 0.3) is 0 Å². The molecule has 3 N–H and O–H groups in total. The first kappa shape index (κ1) is 25.4. The topological polar surface area (TPSA) is 72.8 Å². The molecule has 1 fully saturated rings. The zero-order valence-electron chi connectivity index (χ0n) is 20.0. The summed E-state index contributed by atoms with van der Waals surface area (Å²) < 4.78 is 0. The fourth-order valence-corrected chi connectivity index (χ4v) is 4.90. The fourth-order valence-electron chi connectivity index (χ4n) is 4.78. The van der Waals surface area contributed by atoms with Crippen molar-refractivity contribution in [3.8, 4) is 0 Å². The number of benzene rings is 2. The highest BCUT2D eigenvalue weighted by atomic mass is 35.5. The Hall–Kier alpha value is -2.24. The molecule has 5 nitrogen and oxygen atoms in total. The van der Waals surface area contributed by atoms with Crippen molar-refractivity contribution in [3.05, 3.63) is 53.1 Å². The summed E-state index contributed by atoms with van der Waals surface area (Å²) >= 11 is 6.09. The van der Waals surface area contributed by atoms with Gasteiger partial charge in [-0.3, -0.25) is 4.79 Å². The van der Waals surface area contributed by atoms with Crippen LogP contribution in [-0.4, -0.2) is 34.4 Å². The molecule has 0 bridgehead atoms. The van der Waals surface area contributed by atoms with Gasteiger partial charge >= 0.3 is 5.97 Å². The number of nitrogens with zero attached hydrogens (tertiary/aromatic N) is 1. The number of nitrogens with one attached hydrogen (secondary N) is 1. The Morgan fingerprint density at radius 3 is 2.39 bits per heavy atom. The van der Waals surface area contributed by atoms with E-state index in [-0.39, 0.29) is 12.3 Å². The van der Waals surface area contributed by atoms with E-state index < -0.39 is 11.6 Å². The van der Waals surface area contributed by atoms with Gasteiger partial charge in [0.1, 0.15) is 0 Å². The predicted molar refractivity (Wildman–Crippen MR) is 137 cm³/mol. The number of aliphatic carboxylic acids is 1. The Morgan fingerprint density at radius 2 is 1.82 bits per heavy atom. The molecule has 1 aliphatic rings. The smallest absolute Gasteiger partial charge is 0.303 e. The maximum Gasteiger partial charge on any atom is 0.303 e. The van der Waals surface area contributed by atoms with Crippen LogP contribution in [-0.2, 0) is 4.79 Å². The van der Waals surface area contributed by atoms with Crippen molar-refractivity contribution in [2.24, 2.45) is 0 Å². The van der Waals surface area contributed by atoms with Gasteiger partial charge in [-0.1, -0.05) is 43.9 Å². The largest absolute Gasteiger partial charge is 0.481 e. The first-order valence-corrected chi connectivity index (χ1v) is 12.4. The minimum atomic E-state index is -0.844. The van der Waals surface area contributed by atoms with Crippen molar-refractivity contribution in [2.75, 3.05) is 16.8 Å². The summed E-state index contributed by atoms with van der Waals surface area (Å²) in [5, 5.41) is 24.3. The van der Waals surface area contributed by atoms with E-state index in [1.807, 2.05) is 45.0 Å². The quantitative estimate of drug-likeness (QED) is 0.348. The SMILES string of the molecule is CC[C@H](CC(=O)O)c1ccc(N(CC(C)(C)O)C2CCCCC2)c(Nc2ccc(Cl)cc2)c1. The van der Waals surface area contributed by atoms with E-state index in [2.05, 4.69) is 28.4 Å². The molecule has 33 heavy (non-hydrogen) atoms. The lowest BCUT2D eigenvalue weighted by Crippen LogP contribution is -2.45. The molecule has 0 spiro atoms. The molecule has 6 heteroatoms. The van der Waals surface area contributed by atoms with Crippen molar-refractivity contribution < 1.29 is 15.0 Å². The molecular weight excluding hydrogens is 436 g/mol. The van der Waals surface area contributed by atoms with Crippen LogP contribution in [0.2, 0.25) is 5.02 Å². The standard InChI is InChI=1S/C27H37ClN2O3/c1-4-19(17-26(31)32)20-10-15-25(24(16-20)29-22-13-11-21(28)12-14-22)30(18-27(2,3)33)23-8-6-5-7-9-23/h10-16,19,23,29,33H,4-9,17-18H2,1-3H3,(H,31,32)/t19-/m1/s1. The van der Waals surface area contributed by atoms with Crippen LogP contribution >= 0.6 is 11.6 Å². The van der Waals surface area contributed by atoms with E-state index in [1.54, 1.807) is 0 Å². The second-order valence-corrected chi connectivity index (χ2v) is 10.3. The third kappa shape index (κ3) is 7.38. The van der Waals surface area contributed by atoms with Gasteiger partial charge in [0.2, 0.25) is 0 Å². The summed E-state index contributed by atoms with van der Waals surface area (Å²) in [6.07, 6.45) is 6.72. The summed E-state index contributed by atoms with van der Waals surface area (Å²) in [5.41, 5.74) is 3.03. The Balaban J connectivity index is 2.05. The molecule has 2 aromatic rings. The summed E-state index contributed by atoms with van der Waals surface area (Å²) in [5.74, 6) is -0.844. The van der Waals surface area contributed by atoms with Gasteiger partial charge < -0.3 is 20.4 Å². The maximum absolute atomic E-state index is 11.4. The number of rotatable bonds is 10. The highest BCUT2D eigenvalue weighted by Crippen LogP contribution is 2.38. The predicted octanol–water partition coefficient (Wildman–Crippen LogP) is 6.96. The Morgan fingerprint density at radius 1 is 1.15 bits per heavy atom. The molecule has 0 radical (unpaired) electrons. The lowest BCUT2D eigenvalue weighted by atomic mass is 9.90. The number of carbonyl (C=O) groups is 1. The molecule has 0 unspecified atom stereocenters. The molecule has 0 saturated heterocycles. The van der Waals surface area contributed by atoms with Crippen LogP contribution in [0.4, 0.5) is 17.1 Å². The molecule has 1 atom stereocenters. The molecule has 3 rings (SSSR count). The minimum Gasteiger partial charge on any atom is -0.481 e. The molecule has 180 valence electrons. The van der Waals surface area contributed by atoms with Gasteiger partial charge in [0, 0.05) is 23.3 Å². The Bertz CT molecular complexity index is 918. The van der Waals surface area contributed by atoms with E-state index in [1.165, 1.54) is 19.3 Å². The van der Waals surface area contributed by atoms with E-state index in [0.717, 1.165) is 41.9 Å². The fraction of sp³-hybridized carbons (Fsp3) is 0.519. The summed E-state index contributed by atoms with van der Waals surface area (Å²) in [6.45, 7) is 6.25. The monoisotopic (exact) mass is 472 g/mol. The van der Waals surface area contributed by atoms with Crippen molar-refractivity contribution in [1.82, 2.24) is 0 Å². The minimum absolute atomic E-state index is 0.0558. The lowest BCUT2D eigenvalue weighted by Gasteiger charge is -2.40. The van der Waals surface area contributed by atoms with E-state index >= 15 is 0 Å². The molecule has 1 aliphatic carbocycles. The average molecular weight is 473 g/mol. The molecule has 0 heterocycles. The van der Waals surface area contributed by atoms with Crippen LogP contribution in [0.1, 0.15) is 77.2 Å². The number of halogens is 1. The number of carboxylic acids is 1. The zero-order chi connectivity index (χ0) is 24.0. The highest BCUT2D eigenvalue weighted by molar-refractivity contribution is 6.30. The first-order chi connectivity index (χ1) is 15.7. The first-order valence-electron chi connectivity index (χ1n) is 12.0. The highest BCUT2D eigenvalue weighted by Gasteiger charge is 2.29. The summed E-state index contributed by atoms with van der Waals surface area (Å²) in [7, 11) is 0. The van der Waals surface area contributed by atoms with E-state index in [4.69, 9.17) is 11.6 Å². The third-order valence-corrected chi connectivity index (χ3v) is 6.66. The number of hydrogen-bond donors (Lipinski definition) is 3. The van der Waals surface area contributed by atoms with Gasteiger partial charge in [-0.25, -0.2) is 0 Å². The summed E-state index contributed by atoms with van der Waals surface area (Å²) in [4.78, 5) is 13.8. The van der Waals surface area contributed by atoms with Crippen molar-refractivity contribution in [3.63, 3.8) is 0 Å². The average Bonchev–Trinajstić information content (AvgIpc) is 2.77. The third-order valence-electron chi connectivity index (χ3n) is 6.41. The Kier molecular flexibility index (Phi) is 8.66. The number of hydrogen-bond acceptors (Lipinski definition) is 4. The van der Waals surface area contributed by atoms with E-state index in [9.17, 15) is 15.0 Å². The lowest BCUT2D eigenvalue weighted by molar-refractivity contribution is -0.137. The summed E-state index contributed by atoms with van der Waals surface area (Å²) in [6, 6.07) is 14.2. The molecular formula is C27H37ClN2O3. The number of carboxylic acid groups (broad SMARTS) is 1. The van der Waals surface area contributed by atoms with Crippen LogP contribution < -0.4 is 10.2 Å². The molecule has 0 aromatic heterocycles. The maximum atomic E-state index is 11.4. The van der Waals surface area contributed by atoms with Gasteiger partial charge in [-0.05, 0) is 81.0 Å². The van der Waals surface area contributed by atoms with Crippen LogP contribution in [0.3, 0.4) is 0 Å². The van der Waals surface area contributed by atoms with Crippen molar-refractivity contribution >= 4 is 34.6 Å². The van der Waals surface area contributed by atoms with Crippen molar-refractivity contribution in [2.45, 2.75) is 83.3 Å². The second-order valence-electron chi connectivity index (χ2n) is 9.84. The van der Waals surface area contributed by atoms with Gasteiger partial charge in [0.05, 0.1) is 23.4 Å². The molecule has 1 saturated carbocycles. The van der Waals surface area contributed by atoms with Gasteiger partial charge in [-0.2, -0.15) is 0 Å². The zero-order valence-corrected chi connectivity index (χ0v) is 20.7. The molecule has 0 amide bonds. The van der Waals surface area contributed by atoms with Crippen molar-refractivity contribution in [1.29, 1.82) is 0 Å². The van der Waals surface area contributed by atoms with Crippen LogP contribution in [0.15, 0.2) is 42.5 Å². The van der Waals surface area contributed by atoms with Gasteiger partial charge in [-0.15, -0.1) is 0 Å². The van der Waals surface area contributed by atoms with E-state index in [0.29, 0.717) is 17.6 Å². The van der Waals surface area contributed by atoms with Crippen LogP contribution in [0, 0.1) is 0 Å². The number of anilines is 3. The molecule has 2 aromatic carbocycles. The normalized spacial score (nSPS) is 15.8. The van der Waals surface area contributed by atoms with Gasteiger partial charge in [0.15, 0.2) is 0 Å². The number of aliphatic hydroxyl groups is 1. The van der Waals surface area contributed by atoms with Crippen LogP contribution in [0.5, 0.6) is 0 Å². The Labute approximate surface area is 202 Å².